The molecule has 4 heteroatoms. The minimum atomic E-state index is -0.852. The Labute approximate surface area is 199 Å². The predicted molar refractivity (Wildman–Crippen MR) is 135 cm³/mol. The Balaban J connectivity index is 1.43. The van der Waals surface area contributed by atoms with Crippen molar-refractivity contribution in [2.45, 2.75) is 25.4 Å². The third-order valence-electron chi connectivity index (χ3n) is 7.52. The average molecular weight is 448 g/mol. The van der Waals surface area contributed by atoms with Crippen LogP contribution in [0, 0.1) is 5.92 Å². The summed E-state index contributed by atoms with van der Waals surface area (Å²) in [4.78, 5) is 19.2. The molecule has 3 aromatic rings. The number of nitrogens with zero attached hydrogens (tertiary/aromatic N) is 1. The van der Waals surface area contributed by atoms with Crippen LogP contribution in [0.3, 0.4) is 0 Å². The molecule has 3 aliphatic rings. The maximum atomic E-state index is 13.6. The van der Waals surface area contributed by atoms with E-state index in [0.717, 1.165) is 39.5 Å². The summed E-state index contributed by atoms with van der Waals surface area (Å²) in [5.74, 6) is -0.569. The van der Waals surface area contributed by atoms with Gasteiger partial charge in [-0.3, -0.25) is 4.79 Å². The van der Waals surface area contributed by atoms with Crippen LogP contribution >= 0.6 is 0 Å². The van der Waals surface area contributed by atoms with Crippen LogP contribution in [0.5, 0.6) is 0 Å². The first-order valence-corrected chi connectivity index (χ1v) is 11.7. The number of fused-ring (bicyclic) bond motifs is 2. The number of aliphatic hydroxyl groups is 1. The molecule has 4 nitrogen and oxygen atoms in total. The number of hydrogen-bond acceptors (Lipinski definition) is 3. The first kappa shape index (κ1) is 20.8. The largest absolute Gasteiger partial charge is 0.387 e. The third-order valence-corrected chi connectivity index (χ3v) is 7.52. The van der Waals surface area contributed by atoms with E-state index in [2.05, 4.69) is 41.9 Å². The molecule has 0 radical (unpaired) electrons. The van der Waals surface area contributed by atoms with Crippen LogP contribution in [0.15, 0.2) is 96.2 Å². The van der Waals surface area contributed by atoms with Gasteiger partial charge in [-0.25, -0.2) is 4.99 Å². The lowest BCUT2D eigenvalue weighted by Gasteiger charge is -2.35. The van der Waals surface area contributed by atoms with Gasteiger partial charge in [0.1, 0.15) is 0 Å². The third kappa shape index (κ3) is 2.82. The van der Waals surface area contributed by atoms with Gasteiger partial charge in [-0.2, -0.15) is 0 Å². The summed E-state index contributed by atoms with van der Waals surface area (Å²) < 4.78 is 0. The van der Waals surface area contributed by atoms with E-state index in [1.807, 2.05) is 73.8 Å². The Morgan fingerprint density at radius 2 is 1.62 bits per heavy atom. The van der Waals surface area contributed by atoms with Crippen molar-refractivity contribution >= 4 is 28.4 Å². The number of aliphatic hydroxyl groups excluding tert-OH is 1. The van der Waals surface area contributed by atoms with E-state index >= 15 is 0 Å². The first-order valence-electron chi connectivity index (χ1n) is 11.7. The fourth-order valence-electron chi connectivity index (χ4n) is 5.70. The Kier molecular flexibility index (Phi) is 4.51. The van der Waals surface area contributed by atoms with Gasteiger partial charge < -0.3 is 10.0 Å². The lowest BCUT2D eigenvalue weighted by atomic mass is 9.69. The number of anilines is 1. The monoisotopic (exact) mass is 447 g/mol. The number of para-hydroxylation sites is 2. The molecule has 0 spiro atoms. The van der Waals surface area contributed by atoms with Crippen molar-refractivity contribution in [3.63, 3.8) is 0 Å². The van der Waals surface area contributed by atoms with Gasteiger partial charge in [0.15, 0.2) is 5.78 Å². The summed E-state index contributed by atoms with van der Waals surface area (Å²) in [6.07, 6.45) is 1.13. The van der Waals surface area contributed by atoms with Crippen molar-refractivity contribution in [2.75, 3.05) is 11.9 Å². The molecular formula is C30H27N2O2+. The molecule has 2 atom stereocenters. The van der Waals surface area contributed by atoms with E-state index in [1.165, 1.54) is 5.56 Å². The van der Waals surface area contributed by atoms with Crippen molar-refractivity contribution in [2.24, 2.45) is 5.92 Å². The van der Waals surface area contributed by atoms with E-state index in [9.17, 15) is 9.90 Å². The van der Waals surface area contributed by atoms with Crippen LogP contribution in [0.1, 0.15) is 30.5 Å². The summed E-state index contributed by atoms with van der Waals surface area (Å²) in [5, 5.41) is 11.3. The molecular weight excluding hydrogens is 420 g/mol. The van der Waals surface area contributed by atoms with Crippen LogP contribution in [0.25, 0.3) is 5.57 Å². The molecule has 0 amide bonds. The second-order valence-corrected chi connectivity index (χ2v) is 9.79. The van der Waals surface area contributed by atoms with Crippen molar-refractivity contribution in [3.05, 3.63) is 113 Å². The van der Waals surface area contributed by atoms with Crippen LogP contribution in [0.4, 0.5) is 11.4 Å². The zero-order chi connectivity index (χ0) is 23.6. The Hall–Kier alpha value is -3.76. The van der Waals surface area contributed by atoms with Gasteiger partial charge in [-0.05, 0) is 29.8 Å². The normalized spacial score (nSPS) is 25.8. The molecule has 34 heavy (non-hydrogen) atoms. The Morgan fingerprint density at radius 1 is 0.941 bits per heavy atom. The predicted octanol–water partition coefficient (Wildman–Crippen LogP) is 3.53. The van der Waals surface area contributed by atoms with E-state index in [4.69, 9.17) is 0 Å². The van der Waals surface area contributed by atoms with Crippen LogP contribution in [0.2, 0.25) is 0 Å². The van der Waals surface area contributed by atoms with Crippen LogP contribution < -0.4 is 9.89 Å². The van der Waals surface area contributed by atoms with Crippen molar-refractivity contribution in [1.29, 1.82) is 0 Å². The highest BCUT2D eigenvalue weighted by Crippen LogP contribution is 2.49. The Morgan fingerprint density at radius 3 is 2.35 bits per heavy atom. The number of benzene rings is 3. The SMILES string of the molecule is CN1C(=CC2C(=O)C(=C3C(c4ccccc4)=[NH+]c4ccccc43)C2O)C(C)(C)c2ccccc21. The van der Waals surface area contributed by atoms with Crippen LogP contribution in [-0.2, 0) is 10.2 Å². The minimum Gasteiger partial charge on any atom is -0.387 e. The summed E-state index contributed by atoms with van der Waals surface area (Å²) in [7, 11) is 2.03. The highest BCUT2D eigenvalue weighted by Gasteiger charge is 2.50. The lowest BCUT2D eigenvalue weighted by Crippen LogP contribution is -2.64. The molecule has 3 aromatic carbocycles. The number of Topliss-reactive ketones (excluding diaryl/α,β-unsaturated/α-hetero) is 1. The summed E-state index contributed by atoms with van der Waals surface area (Å²) in [6, 6.07) is 26.3. The number of hydrogen-bond donors (Lipinski definition) is 2. The standard InChI is InChI=1S/C30H26N2O2/c1-30(2)21-14-8-10-16-23(21)32(3)24(30)17-20-28(33)26(29(20)34)25-19-13-7-9-15-22(19)31-27(25)18-11-5-4-6-12-18/h4-17,20,28,33H,1-3H3/p+1. The van der Waals surface area contributed by atoms with Gasteiger partial charge in [-0.15, -0.1) is 0 Å². The van der Waals surface area contributed by atoms with Crippen molar-refractivity contribution < 1.29 is 14.9 Å². The maximum Gasteiger partial charge on any atom is 0.219 e. The zero-order valence-electron chi connectivity index (χ0n) is 19.5. The topological polar surface area (TPSA) is 54.5 Å². The number of ketones is 1. The van der Waals surface area contributed by atoms with Gasteiger partial charge in [0.05, 0.1) is 23.2 Å². The molecule has 0 bridgehead atoms. The van der Waals surface area contributed by atoms with Crippen LogP contribution in [-0.4, -0.2) is 29.8 Å². The molecule has 2 heterocycles. The van der Waals surface area contributed by atoms with E-state index in [0.29, 0.717) is 5.57 Å². The number of rotatable bonds is 2. The van der Waals surface area contributed by atoms with E-state index < -0.39 is 12.0 Å². The molecule has 1 fully saturated rings. The fourth-order valence-corrected chi connectivity index (χ4v) is 5.70. The molecule has 168 valence electrons. The molecule has 2 N–H and O–H groups in total. The molecule has 0 saturated heterocycles. The van der Waals surface area contributed by atoms with Crippen molar-refractivity contribution in [1.82, 2.24) is 0 Å². The highest BCUT2D eigenvalue weighted by molar-refractivity contribution is 6.37. The summed E-state index contributed by atoms with van der Waals surface area (Å²) in [5.41, 5.74) is 8.29. The van der Waals surface area contributed by atoms with Gasteiger partial charge in [0.25, 0.3) is 0 Å². The molecule has 1 saturated carbocycles. The van der Waals surface area contributed by atoms with Gasteiger partial charge in [0.2, 0.25) is 11.4 Å². The quantitative estimate of drug-likeness (QED) is 0.591. The first-order chi connectivity index (χ1) is 16.4. The van der Waals surface area contributed by atoms with E-state index in [1.54, 1.807) is 0 Å². The van der Waals surface area contributed by atoms with E-state index in [-0.39, 0.29) is 11.2 Å². The molecule has 0 aromatic heterocycles. The van der Waals surface area contributed by atoms with Crippen molar-refractivity contribution in [3.8, 4) is 0 Å². The molecule has 2 unspecified atom stereocenters. The zero-order valence-corrected chi connectivity index (χ0v) is 19.5. The highest BCUT2D eigenvalue weighted by atomic mass is 16.3. The second-order valence-electron chi connectivity index (χ2n) is 9.79. The van der Waals surface area contributed by atoms with Gasteiger partial charge in [0, 0.05) is 41.1 Å². The number of carbonyl (C=O) groups is 1. The lowest BCUT2D eigenvalue weighted by molar-refractivity contribution is -0.348. The molecule has 6 rings (SSSR count). The second kappa shape index (κ2) is 7.37. The van der Waals surface area contributed by atoms with Gasteiger partial charge >= 0.3 is 0 Å². The summed E-state index contributed by atoms with van der Waals surface area (Å²) in [6.45, 7) is 4.35. The number of nitrogens with one attached hydrogen (secondary N) is 1. The molecule has 1 aliphatic carbocycles. The average Bonchev–Trinajstić information content (AvgIpc) is 3.32. The number of likely N-dealkylation sites (N-methyl/N-ethyl adjacent to an activating group) is 1. The summed E-state index contributed by atoms with van der Waals surface area (Å²) >= 11 is 0. The Bertz CT molecular complexity index is 1430. The van der Waals surface area contributed by atoms with Gasteiger partial charge in [-0.1, -0.05) is 68.5 Å². The number of carbonyl (C=O) groups excluding carboxylic acids is 1. The molecule has 2 aliphatic heterocycles. The minimum absolute atomic E-state index is 0.0120. The smallest absolute Gasteiger partial charge is 0.219 e. The number of allylic oxidation sites excluding steroid dienone is 2. The maximum absolute atomic E-state index is 13.6. The fraction of sp³-hybridized carbons (Fsp3) is 0.200.